The summed E-state index contributed by atoms with van der Waals surface area (Å²) in [4.78, 5) is 37.1. The predicted molar refractivity (Wildman–Crippen MR) is 96.6 cm³/mol. The molecule has 1 aromatic heterocycles. The molecule has 1 fully saturated rings. The van der Waals surface area contributed by atoms with Crippen molar-refractivity contribution in [1.29, 1.82) is 0 Å². The third-order valence-electron chi connectivity index (χ3n) is 4.42. The Bertz CT molecular complexity index is 692. The van der Waals surface area contributed by atoms with Gasteiger partial charge in [0.25, 0.3) is 5.91 Å². The summed E-state index contributed by atoms with van der Waals surface area (Å²) >= 11 is 0. The van der Waals surface area contributed by atoms with Crippen molar-refractivity contribution in [1.82, 2.24) is 4.90 Å². The molecule has 0 aliphatic carbocycles. The van der Waals surface area contributed by atoms with Gasteiger partial charge in [0.1, 0.15) is 17.1 Å². The van der Waals surface area contributed by atoms with Crippen LogP contribution in [0.25, 0.3) is 0 Å². The first-order valence-corrected chi connectivity index (χ1v) is 9.13. The third-order valence-corrected chi connectivity index (χ3v) is 4.42. The van der Waals surface area contributed by atoms with Crippen LogP contribution in [0.4, 0.5) is 0 Å². The first kappa shape index (κ1) is 21.9. The first-order chi connectivity index (χ1) is 13.3. The van der Waals surface area contributed by atoms with E-state index in [9.17, 15) is 14.4 Å². The standard InChI is InChI=1S/C19H27NO8/c1-12-16(19(23)24-4)8-15(28-12)9-20(3)17(21)11-27-18(22)13(2)26-10-14-6-5-7-25-14/h8,13-14H,5-7,9-11H2,1-4H3. The maximum absolute atomic E-state index is 12.2. The number of carbonyl (C=O) groups is 3. The molecule has 9 heteroatoms. The van der Waals surface area contributed by atoms with Crippen molar-refractivity contribution in [3.63, 3.8) is 0 Å². The van der Waals surface area contributed by atoms with E-state index in [0.29, 0.717) is 30.3 Å². The van der Waals surface area contributed by atoms with E-state index < -0.39 is 30.6 Å². The van der Waals surface area contributed by atoms with E-state index >= 15 is 0 Å². The highest BCUT2D eigenvalue weighted by Crippen LogP contribution is 2.17. The van der Waals surface area contributed by atoms with Gasteiger partial charge >= 0.3 is 11.9 Å². The zero-order chi connectivity index (χ0) is 20.7. The maximum atomic E-state index is 12.2. The Labute approximate surface area is 163 Å². The van der Waals surface area contributed by atoms with Crippen molar-refractivity contribution in [2.75, 3.05) is 34.0 Å². The third kappa shape index (κ3) is 6.07. The second-order valence-electron chi connectivity index (χ2n) is 6.64. The molecular weight excluding hydrogens is 370 g/mol. The molecule has 0 saturated carbocycles. The second-order valence-corrected chi connectivity index (χ2v) is 6.64. The van der Waals surface area contributed by atoms with E-state index in [1.165, 1.54) is 18.1 Å². The van der Waals surface area contributed by atoms with Crippen LogP contribution in [0.2, 0.25) is 0 Å². The molecule has 9 nitrogen and oxygen atoms in total. The van der Waals surface area contributed by atoms with Crippen molar-refractivity contribution in [3.8, 4) is 0 Å². The number of hydrogen-bond donors (Lipinski definition) is 0. The molecule has 0 N–H and O–H groups in total. The van der Waals surface area contributed by atoms with Crippen molar-refractivity contribution in [3.05, 3.63) is 23.2 Å². The van der Waals surface area contributed by atoms with Gasteiger partial charge in [0.15, 0.2) is 12.7 Å². The number of furan rings is 1. The Morgan fingerprint density at radius 1 is 1.36 bits per heavy atom. The monoisotopic (exact) mass is 397 g/mol. The summed E-state index contributed by atoms with van der Waals surface area (Å²) in [6, 6.07) is 1.53. The molecule has 0 bridgehead atoms. The smallest absolute Gasteiger partial charge is 0.341 e. The molecule has 0 aromatic carbocycles. The minimum absolute atomic E-state index is 0.00893. The molecule has 0 spiro atoms. The average Bonchev–Trinajstić information content (AvgIpc) is 3.32. The SMILES string of the molecule is COC(=O)c1cc(CN(C)C(=O)COC(=O)C(C)OCC2CCCO2)oc1C. The van der Waals surface area contributed by atoms with Crippen molar-refractivity contribution >= 4 is 17.8 Å². The van der Waals surface area contributed by atoms with Gasteiger partial charge in [-0.1, -0.05) is 0 Å². The molecular formula is C19H27NO8. The zero-order valence-corrected chi connectivity index (χ0v) is 16.7. The van der Waals surface area contributed by atoms with Crippen LogP contribution in [0.1, 0.15) is 41.6 Å². The topological polar surface area (TPSA) is 105 Å². The van der Waals surface area contributed by atoms with E-state index in [0.717, 1.165) is 12.8 Å². The number of aryl methyl sites for hydroxylation is 1. The number of likely N-dealkylation sites (N-methyl/N-ethyl adjacent to an activating group) is 1. The Morgan fingerprint density at radius 3 is 2.75 bits per heavy atom. The van der Waals surface area contributed by atoms with E-state index in [1.807, 2.05) is 0 Å². The summed E-state index contributed by atoms with van der Waals surface area (Å²) in [5.41, 5.74) is 0.307. The lowest BCUT2D eigenvalue weighted by Crippen LogP contribution is -2.33. The molecule has 1 aromatic rings. The second kappa shape index (κ2) is 10.2. The summed E-state index contributed by atoms with van der Waals surface area (Å²) in [6.07, 6.45) is 1.13. The summed E-state index contributed by atoms with van der Waals surface area (Å²) in [6.45, 7) is 3.96. The summed E-state index contributed by atoms with van der Waals surface area (Å²) in [5, 5.41) is 0. The summed E-state index contributed by atoms with van der Waals surface area (Å²) in [5.74, 6) is -0.693. The van der Waals surface area contributed by atoms with Crippen LogP contribution in [0.15, 0.2) is 10.5 Å². The van der Waals surface area contributed by atoms with Gasteiger partial charge in [-0.25, -0.2) is 9.59 Å². The number of esters is 2. The predicted octanol–water partition coefficient (Wildman–Crippen LogP) is 1.46. The van der Waals surface area contributed by atoms with Crippen molar-refractivity contribution < 1.29 is 37.7 Å². The summed E-state index contributed by atoms with van der Waals surface area (Å²) < 4.78 is 26.0. The summed E-state index contributed by atoms with van der Waals surface area (Å²) in [7, 11) is 2.83. The van der Waals surface area contributed by atoms with Gasteiger partial charge in [-0.3, -0.25) is 4.79 Å². The van der Waals surface area contributed by atoms with Gasteiger partial charge in [-0.2, -0.15) is 0 Å². The Kier molecular flexibility index (Phi) is 8.01. The molecule has 1 saturated heterocycles. The molecule has 0 radical (unpaired) electrons. The van der Waals surface area contributed by atoms with Crippen LogP contribution in [0.5, 0.6) is 0 Å². The lowest BCUT2D eigenvalue weighted by atomic mass is 10.2. The highest BCUT2D eigenvalue weighted by Gasteiger charge is 2.23. The largest absolute Gasteiger partial charge is 0.465 e. The Hall–Kier alpha value is -2.39. The fourth-order valence-corrected chi connectivity index (χ4v) is 2.71. The molecule has 2 atom stereocenters. The highest BCUT2D eigenvalue weighted by molar-refractivity contribution is 5.90. The lowest BCUT2D eigenvalue weighted by molar-refractivity contribution is -0.162. The number of rotatable bonds is 9. The molecule has 1 aliphatic rings. The molecule has 2 rings (SSSR count). The van der Waals surface area contributed by atoms with E-state index in [1.54, 1.807) is 20.9 Å². The molecule has 2 unspecified atom stereocenters. The van der Waals surface area contributed by atoms with Crippen LogP contribution in [0, 0.1) is 6.92 Å². The number of nitrogens with zero attached hydrogens (tertiary/aromatic N) is 1. The molecule has 2 heterocycles. The fraction of sp³-hybridized carbons (Fsp3) is 0.632. The van der Waals surface area contributed by atoms with Gasteiger partial charge in [-0.15, -0.1) is 0 Å². The molecule has 28 heavy (non-hydrogen) atoms. The lowest BCUT2D eigenvalue weighted by Gasteiger charge is -2.18. The number of methoxy groups -OCH3 is 1. The Balaban J connectivity index is 1.75. The van der Waals surface area contributed by atoms with Crippen LogP contribution in [0.3, 0.4) is 0 Å². The molecule has 156 valence electrons. The van der Waals surface area contributed by atoms with Gasteiger partial charge in [0.2, 0.25) is 0 Å². The van der Waals surface area contributed by atoms with E-state index in [2.05, 4.69) is 4.74 Å². The zero-order valence-electron chi connectivity index (χ0n) is 16.7. The quantitative estimate of drug-likeness (QED) is 0.577. The van der Waals surface area contributed by atoms with Crippen LogP contribution in [-0.2, 0) is 35.1 Å². The molecule has 1 amide bonds. The van der Waals surface area contributed by atoms with Crippen LogP contribution < -0.4 is 0 Å². The van der Waals surface area contributed by atoms with E-state index in [-0.39, 0.29) is 12.6 Å². The normalized spacial score (nSPS) is 17.2. The number of amides is 1. The van der Waals surface area contributed by atoms with Crippen molar-refractivity contribution in [2.24, 2.45) is 0 Å². The highest BCUT2D eigenvalue weighted by atomic mass is 16.6. The fourth-order valence-electron chi connectivity index (χ4n) is 2.71. The van der Waals surface area contributed by atoms with Crippen molar-refractivity contribution in [2.45, 2.75) is 45.4 Å². The number of hydrogen-bond acceptors (Lipinski definition) is 8. The number of ether oxygens (including phenoxy) is 4. The van der Waals surface area contributed by atoms with Crippen LogP contribution in [-0.4, -0.2) is 68.9 Å². The molecule has 1 aliphatic heterocycles. The minimum Gasteiger partial charge on any atom is -0.465 e. The average molecular weight is 397 g/mol. The van der Waals surface area contributed by atoms with Crippen LogP contribution >= 0.6 is 0 Å². The van der Waals surface area contributed by atoms with Gasteiger partial charge in [0.05, 0.1) is 26.4 Å². The first-order valence-electron chi connectivity index (χ1n) is 9.13. The maximum Gasteiger partial charge on any atom is 0.341 e. The minimum atomic E-state index is -0.780. The number of carbonyl (C=O) groups excluding carboxylic acids is 3. The van der Waals surface area contributed by atoms with Gasteiger partial charge < -0.3 is 28.3 Å². The van der Waals surface area contributed by atoms with Gasteiger partial charge in [-0.05, 0) is 32.8 Å². The van der Waals surface area contributed by atoms with E-state index in [4.69, 9.17) is 18.6 Å². The van der Waals surface area contributed by atoms with Gasteiger partial charge in [0, 0.05) is 13.7 Å². The Morgan fingerprint density at radius 2 is 2.11 bits per heavy atom.